The Labute approximate surface area is 395 Å². The van der Waals surface area contributed by atoms with E-state index in [1.807, 2.05) is 33.8 Å². The number of benzene rings is 2. The number of phenolic OH excluding ortho intramolecular Hbond substituents is 1. The van der Waals surface area contributed by atoms with Gasteiger partial charge in [0.2, 0.25) is 0 Å². The Morgan fingerprint density at radius 1 is 0.652 bits per heavy atom. The highest BCUT2D eigenvalue weighted by Gasteiger charge is 2.34. The smallest absolute Gasteiger partial charge is 0.342 e. The molecule has 3 heterocycles. The first-order valence-electron chi connectivity index (χ1n) is 22.8. The Balaban J connectivity index is 0.000000366. The molecule has 0 aromatic heterocycles. The molecule has 370 valence electrons. The number of hydrogen-bond acceptors (Lipinski definition) is 14. The van der Waals surface area contributed by atoms with Gasteiger partial charge in [0.1, 0.15) is 47.3 Å². The van der Waals surface area contributed by atoms with Crippen molar-refractivity contribution in [1.29, 1.82) is 0 Å². The third-order valence-electron chi connectivity index (χ3n) is 11.3. The van der Waals surface area contributed by atoms with Crippen LogP contribution in [-0.4, -0.2) is 105 Å². The Bertz CT molecular complexity index is 2010. The molecule has 3 aliphatic heterocycles. The number of esters is 4. The van der Waals surface area contributed by atoms with Gasteiger partial charge in [0.15, 0.2) is 0 Å². The zero-order valence-corrected chi connectivity index (χ0v) is 44.3. The molecule has 5 rings (SSSR count). The number of cyclic esters (lactones) is 2. The molecule has 0 atom stereocenters. The first kappa shape index (κ1) is 57.5. The molecule has 0 spiro atoms. The molecule has 1 fully saturated rings. The number of ether oxygens (including phenoxy) is 8. The van der Waals surface area contributed by atoms with E-state index in [0.29, 0.717) is 79.9 Å². The maximum Gasteiger partial charge on any atom is 0.342 e. The maximum absolute atomic E-state index is 12.5. The third-order valence-corrected chi connectivity index (χ3v) is 14.7. The van der Waals surface area contributed by atoms with Crippen molar-refractivity contribution in [3.05, 3.63) is 67.8 Å². The van der Waals surface area contributed by atoms with Crippen molar-refractivity contribution in [2.75, 3.05) is 54.9 Å². The number of phenols is 1. The standard InChI is InChI=1S/C23H34O6Si.C18H22O6.C5H14OSi.C4H8O/c1-15(9-11-19(24)26-3)8-10-17-21(27-4)16(2)18-14-29-23(25)20(18)22(17)28-12-13-30(5,6)7;1-10(6-8-14(19)22-3)5-7-12-16(20)15-13(9-24-18(15)21)11(2)17(12)23-4;1-7(2,3)5-4-6;1-2-4-5-3-1/h8H,9-14H2,1-7H3;5,20H,6-9H2,1-4H3;6H,4-5H2,1-3H3;1-4H2/b15-8+;10-5+;;. The van der Waals surface area contributed by atoms with Crippen LogP contribution < -0.4 is 14.2 Å². The normalized spacial score (nSPS) is 14.2. The van der Waals surface area contributed by atoms with Crippen LogP contribution in [0.15, 0.2) is 23.3 Å². The minimum absolute atomic E-state index is 0.0908. The Kier molecular flexibility index (Phi) is 24.3. The van der Waals surface area contributed by atoms with Crippen molar-refractivity contribution < 1.29 is 67.3 Å². The van der Waals surface area contributed by atoms with Gasteiger partial charge in [-0.1, -0.05) is 62.6 Å². The van der Waals surface area contributed by atoms with Crippen LogP contribution in [0, 0.1) is 13.8 Å². The van der Waals surface area contributed by atoms with Crippen LogP contribution >= 0.6 is 0 Å². The zero-order valence-electron chi connectivity index (χ0n) is 42.3. The maximum atomic E-state index is 12.5. The molecule has 0 saturated carbocycles. The van der Waals surface area contributed by atoms with Gasteiger partial charge in [-0.25, -0.2) is 9.59 Å². The van der Waals surface area contributed by atoms with Crippen molar-refractivity contribution in [3.8, 4) is 23.0 Å². The van der Waals surface area contributed by atoms with Gasteiger partial charge in [-0.3, -0.25) is 9.59 Å². The Morgan fingerprint density at radius 2 is 1.09 bits per heavy atom. The largest absolute Gasteiger partial charge is 0.507 e. The summed E-state index contributed by atoms with van der Waals surface area (Å²) in [5.74, 6) is 0.421. The fourth-order valence-corrected chi connectivity index (χ4v) is 8.45. The minimum atomic E-state index is -1.29. The molecule has 1 saturated heterocycles. The summed E-state index contributed by atoms with van der Waals surface area (Å²) in [7, 11) is 3.71. The average molecular weight is 959 g/mol. The van der Waals surface area contributed by atoms with E-state index in [-0.39, 0.29) is 42.4 Å². The van der Waals surface area contributed by atoms with Gasteiger partial charge in [0.05, 0.1) is 35.0 Å². The molecule has 2 aromatic carbocycles. The van der Waals surface area contributed by atoms with Gasteiger partial charge in [0, 0.05) is 71.1 Å². The molecule has 0 unspecified atom stereocenters. The van der Waals surface area contributed by atoms with Crippen molar-refractivity contribution in [2.45, 2.75) is 144 Å². The minimum Gasteiger partial charge on any atom is -0.507 e. The molecule has 2 aromatic rings. The van der Waals surface area contributed by atoms with E-state index in [9.17, 15) is 24.3 Å². The number of aromatic hydroxyl groups is 1. The van der Waals surface area contributed by atoms with Crippen molar-refractivity contribution in [2.24, 2.45) is 0 Å². The number of hydrogen-bond donors (Lipinski definition) is 2. The lowest BCUT2D eigenvalue weighted by Gasteiger charge is -2.21. The summed E-state index contributed by atoms with van der Waals surface area (Å²) >= 11 is 0. The topological polar surface area (TPSA) is 183 Å². The SMILES string of the molecule is C1CCOC1.COC(=O)CC/C(C)=C/Cc1c(O)c2c(c(C)c1OC)COC2=O.COC(=O)CC/C(C)=C/Cc1c(OC)c(C)c2c(c1OCC[Si](C)(C)C)C(=O)OC2.C[Si](C)(C)CCO. The molecule has 0 aliphatic carbocycles. The fourth-order valence-electron chi connectivity index (χ4n) is 7.06. The van der Waals surface area contributed by atoms with E-state index in [2.05, 4.69) is 50.1 Å². The van der Waals surface area contributed by atoms with Gasteiger partial charge in [0.25, 0.3) is 0 Å². The van der Waals surface area contributed by atoms with Crippen LogP contribution in [0.1, 0.15) is 106 Å². The Morgan fingerprint density at radius 3 is 1.48 bits per heavy atom. The van der Waals surface area contributed by atoms with E-state index in [0.717, 1.165) is 64.5 Å². The van der Waals surface area contributed by atoms with Gasteiger partial charge in [-0.2, -0.15) is 0 Å². The number of allylic oxidation sites excluding steroid dienone is 4. The molecule has 0 radical (unpaired) electrons. The molecule has 16 heteroatoms. The van der Waals surface area contributed by atoms with Crippen molar-refractivity contribution in [1.82, 2.24) is 0 Å². The summed E-state index contributed by atoms with van der Waals surface area (Å²) in [6.07, 6.45) is 9.28. The monoisotopic (exact) mass is 958 g/mol. The predicted octanol–water partition coefficient (Wildman–Crippen LogP) is 9.77. The number of rotatable bonds is 18. The second-order valence-electron chi connectivity index (χ2n) is 19.0. The van der Waals surface area contributed by atoms with Gasteiger partial charge in [-0.15, -0.1) is 0 Å². The van der Waals surface area contributed by atoms with E-state index in [1.54, 1.807) is 7.11 Å². The summed E-state index contributed by atoms with van der Waals surface area (Å²) in [6, 6.07) is 2.02. The van der Waals surface area contributed by atoms with Crippen LogP contribution in [0.5, 0.6) is 23.0 Å². The van der Waals surface area contributed by atoms with E-state index in [1.165, 1.54) is 34.2 Å². The second kappa shape index (κ2) is 27.9. The fraction of sp³-hybridized carbons (Fsp3) is 0.600. The Hall–Kier alpha value is -4.65. The number of aliphatic hydroxyl groups excluding tert-OH is 1. The second-order valence-corrected chi connectivity index (χ2v) is 30.2. The van der Waals surface area contributed by atoms with Crippen LogP contribution in [0.4, 0.5) is 0 Å². The summed E-state index contributed by atoms with van der Waals surface area (Å²) in [5.41, 5.74) is 7.42. The lowest BCUT2D eigenvalue weighted by Crippen LogP contribution is -2.23. The molecule has 0 bridgehead atoms. The number of carbonyl (C=O) groups is 4. The molecular weight excluding hydrogens is 881 g/mol. The third kappa shape index (κ3) is 18.2. The van der Waals surface area contributed by atoms with Crippen LogP contribution in [-0.2, 0) is 59.3 Å². The molecule has 14 nitrogen and oxygen atoms in total. The molecular formula is C50H78O14Si2. The van der Waals surface area contributed by atoms with E-state index >= 15 is 0 Å². The molecule has 66 heavy (non-hydrogen) atoms. The van der Waals surface area contributed by atoms with Crippen LogP contribution in [0.25, 0.3) is 0 Å². The lowest BCUT2D eigenvalue weighted by molar-refractivity contribution is -0.141. The highest BCUT2D eigenvalue weighted by molar-refractivity contribution is 6.76. The first-order chi connectivity index (χ1) is 31.0. The summed E-state index contributed by atoms with van der Waals surface area (Å²) in [6.45, 7) is 24.6. The summed E-state index contributed by atoms with van der Waals surface area (Å²) < 4.78 is 42.0. The van der Waals surface area contributed by atoms with Gasteiger partial charge < -0.3 is 48.1 Å². The molecule has 3 aliphatic rings. The highest BCUT2D eigenvalue weighted by atomic mass is 28.3. The summed E-state index contributed by atoms with van der Waals surface area (Å²) in [5, 5.41) is 18.9. The number of carbonyl (C=O) groups excluding carboxylic acids is 4. The highest BCUT2D eigenvalue weighted by Crippen LogP contribution is 2.44. The zero-order chi connectivity index (χ0) is 49.8. The lowest BCUT2D eigenvalue weighted by atomic mass is 9.94. The number of aliphatic hydroxyl groups is 1. The van der Waals surface area contributed by atoms with Crippen LogP contribution in [0.3, 0.4) is 0 Å². The number of fused-ring (bicyclic) bond motifs is 2. The average Bonchev–Trinajstić information content (AvgIpc) is 4.06. The summed E-state index contributed by atoms with van der Waals surface area (Å²) in [4.78, 5) is 47.0. The number of methoxy groups -OCH3 is 4. The van der Waals surface area contributed by atoms with Crippen molar-refractivity contribution in [3.63, 3.8) is 0 Å². The van der Waals surface area contributed by atoms with Gasteiger partial charge >= 0.3 is 23.9 Å². The molecule has 0 amide bonds. The van der Waals surface area contributed by atoms with Gasteiger partial charge in [-0.05, 0) is 89.4 Å². The first-order valence-corrected chi connectivity index (χ1v) is 30.2. The predicted molar refractivity (Wildman–Crippen MR) is 262 cm³/mol. The van der Waals surface area contributed by atoms with E-state index < -0.39 is 22.1 Å². The quantitative estimate of drug-likeness (QED) is 0.0623. The molecule has 2 N–H and O–H groups in total. The van der Waals surface area contributed by atoms with Crippen LogP contribution in [0.2, 0.25) is 51.4 Å². The van der Waals surface area contributed by atoms with Crippen molar-refractivity contribution >= 4 is 40.0 Å². The van der Waals surface area contributed by atoms with E-state index in [4.69, 9.17) is 38.3 Å².